The highest BCUT2D eigenvalue weighted by Crippen LogP contribution is 2.32. The average molecular weight is 376 g/mol. The second-order valence-electron chi connectivity index (χ2n) is 7.33. The molecule has 1 aliphatic rings. The number of rotatable bonds is 6. The highest BCUT2D eigenvalue weighted by molar-refractivity contribution is 5.89. The standard InChI is InChI=1S/C24H24O4/c1-15(2)23(25)27-14-17-10-19-8-9-20(12-21(19)11-17)18-6-5-7-22(13-18)28-24(26)16(3)4/h5-9,12-13,17H,1,3,10-11,14H2,2,4H3. The van der Waals surface area contributed by atoms with Crippen molar-refractivity contribution in [2.24, 2.45) is 5.92 Å². The highest BCUT2D eigenvalue weighted by Gasteiger charge is 2.23. The first-order valence-electron chi connectivity index (χ1n) is 9.26. The van der Waals surface area contributed by atoms with Crippen LogP contribution < -0.4 is 4.74 Å². The summed E-state index contributed by atoms with van der Waals surface area (Å²) in [4.78, 5) is 23.3. The summed E-state index contributed by atoms with van der Waals surface area (Å²) in [6, 6.07) is 13.8. The van der Waals surface area contributed by atoms with Crippen LogP contribution in [-0.2, 0) is 27.2 Å². The summed E-state index contributed by atoms with van der Waals surface area (Å²) < 4.78 is 10.6. The Labute approximate surface area is 165 Å². The van der Waals surface area contributed by atoms with Gasteiger partial charge in [-0.3, -0.25) is 0 Å². The van der Waals surface area contributed by atoms with Crippen LogP contribution in [0.1, 0.15) is 25.0 Å². The molecule has 1 unspecified atom stereocenters. The Morgan fingerprint density at radius 2 is 1.61 bits per heavy atom. The molecule has 0 radical (unpaired) electrons. The predicted molar refractivity (Wildman–Crippen MR) is 109 cm³/mol. The Kier molecular flexibility index (Phi) is 5.78. The van der Waals surface area contributed by atoms with Crippen molar-refractivity contribution in [1.82, 2.24) is 0 Å². The van der Waals surface area contributed by atoms with Gasteiger partial charge in [0.05, 0.1) is 6.61 Å². The van der Waals surface area contributed by atoms with Crippen molar-refractivity contribution in [2.45, 2.75) is 26.7 Å². The Bertz CT molecular complexity index is 955. The molecule has 4 heteroatoms. The van der Waals surface area contributed by atoms with Gasteiger partial charge in [0.15, 0.2) is 0 Å². The summed E-state index contributed by atoms with van der Waals surface area (Å²) in [6.45, 7) is 10.9. The zero-order chi connectivity index (χ0) is 20.3. The molecule has 1 atom stereocenters. The summed E-state index contributed by atoms with van der Waals surface area (Å²) in [5, 5.41) is 0. The lowest BCUT2D eigenvalue weighted by Gasteiger charge is -2.09. The molecular formula is C24H24O4. The second kappa shape index (κ2) is 8.26. The first kappa shape index (κ1) is 19.6. The Morgan fingerprint density at radius 1 is 0.929 bits per heavy atom. The molecule has 2 aromatic carbocycles. The maximum atomic E-state index is 11.7. The molecule has 0 amide bonds. The molecule has 0 N–H and O–H groups in total. The van der Waals surface area contributed by atoms with Gasteiger partial charge in [0.2, 0.25) is 0 Å². The van der Waals surface area contributed by atoms with E-state index in [0.717, 1.165) is 24.0 Å². The van der Waals surface area contributed by atoms with E-state index in [0.29, 0.717) is 23.5 Å². The van der Waals surface area contributed by atoms with Crippen molar-refractivity contribution < 1.29 is 19.1 Å². The molecule has 3 rings (SSSR count). The lowest BCUT2D eigenvalue weighted by atomic mass is 10.0. The van der Waals surface area contributed by atoms with Crippen LogP contribution in [0, 0.1) is 5.92 Å². The number of benzene rings is 2. The van der Waals surface area contributed by atoms with Crippen LogP contribution in [0.25, 0.3) is 11.1 Å². The zero-order valence-corrected chi connectivity index (χ0v) is 16.3. The third-order valence-corrected chi connectivity index (χ3v) is 4.75. The van der Waals surface area contributed by atoms with E-state index in [4.69, 9.17) is 9.47 Å². The molecule has 2 aromatic rings. The minimum atomic E-state index is -0.432. The van der Waals surface area contributed by atoms with Gasteiger partial charge in [0, 0.05) is 17.1 Å². The number of ether oxygens (including phenoxy) is 2. The second-order valence-corrected chi connectivity index (χ2v) is 7.33. The van der Waals surface area contributed by atoms with Gasteiger partial charge in [0.25, 0.3) is 0 Å². The number of esters is 2. The molecule has 1 aliphatic carbocycles. The van der Waals surface area contributed by atoms with Gasteiger partial charge in [0.1, 0.15) is 5.75 Å². The lowest BCUT2D eigenvalue weighted by Crippen LogP contribution is -2.14. The molecule has 0 aromatic heterocycles. The van der Waals surface area contributed by atoms with Crippen molar-refractivity contribution in [2.75, 3.05) is 6.61 Å². The van der Waals surface area contributed by atoms with E-state index >= 15 is 0 Å². The summed E-state index contributed by atoms with van der Waals surface area (Å²) in [7, 11) is 0. The molecule has 144 valence electrons. The van der Waals surface area contributed by atoms with Crippen molar-refractivity contribution in [3.8, 4) is 16.9 Å². The van der Waals surface area contributed by atoms with Gasteiger partial charge >= 0.3 is 11.9 Å². The Balaban J connectivity index is 1.71. The van der Waals surface area contributed by atoms with E-state index in [2.05, 4.69) is 31.4 Å². The Hall–Kier alpha value is -3.14. The molecule has 0 aliphatic heterocycles. The molecule has 0 fully saturated rings. The van der Waals surface area contributed by atoms with Crippen LogP contribution >= 0.6 is 0 Å². The third kappa shape index (κ3) is 4.58. The van der Waals surface area contributed by atoms with Crippen molar-refractivity contribution in [1.29, 1.82) is 0 Å². The lowest BCUT2D eigenvalue weighted by molar-refractivity contribution is -0.140. The van der Waals surface area contributed by atoms with Crippen LogP contribution in [-0.4, -0.2) is 18.5 Å². The number of hydrogen-bond donors (Lipinski definition) is 0. The van der Waals surface area contributed by atoms with E-state index in [1.54, 1.807) is 19.9 Å². The molecule has 28 heavy (non-hydrogen) atoms. The molecule has 0 saturated carbocycles. The van der Waals surface area contributed by atoms with Gasteiger partial charge in [-0.05, 0) is 61.1 Å². The minimum Gasteiger partial charge on any atom is -0.462 e. The highest BCUT2D eigenvalue weighted by atomic mass is 16.5. The van der Waals surface area contributed by atoms with Crippen LogP contribution in [0.5, 0.6) is 5.75 Å². The predicted octanol–water partition coefficient (Wildman–Crippen LogP) is 4.67. The molecule has 0 spiro atoms. The summed E-state index contributed by atoms with van der Waals surface area (Å²) in [5.41, 5.74) is 5.37. The fourth-order valence-electron chi connectivity index (χ4n) is 3.26. The summed E-state index contributed by atoms with van der Waals surface area (Å²) in [5.74, 6) is 0.0167. The minimum absolute atomic E-state index is 0.288. The van der Waals surface area contributed by atoms with Crippen LogP contribution in [0.3, 0.4) is 0 Å². The number of carbonyl (C=O) groups excluding carboxylic acids is 2. The summed E-state index contributed by atoms with van der Waals surface area (Å²) in [6.07, 6.45) is 1.77. The molecule has 0 heterocycles. The maximum absolute atomic E-state index is 11.7. The average Bonchev–Trinajstić information content (AvgIpc) is 3.08. The summed E-state index contributed by atoms with van der Waals surface area (Å²) >= 11 is 0. The zero-order valence-electron chi connectivity index (χ0n) is 16.3. The van der Waals surface area contributed by atoms with Crippen LogP contribution in [0.15, 0.2) is 66.8 Å². The van der Waals surface area contributed by atoms with Gasteiger partial charge < -0.3 is 9.47 Å². The molecular weight excluding hydrogens is 352 g/mol. The monoisotopic (exact) mass is 376 g/mol. The van der Waals surface area contributed by atoms with E-state index in [1.165, 1.54) is 11.1 Å². The SMILES string of the molecule is C=C(C)C(=O)OCC1Cc2ccc(-c3cccc(OC(=O)C(=C)C)c3)cc2C1. The van der Waals surface area contributed by atoms with Crippen molar-refractivity contribution in [3.05, 3.63) is 77.9 Å². The smallest absolute Gasteiger partial charge is 0.338 e. The van der Waals surface area contributed by atoms with Gasteiger partial charge in [-0.1, -0.05) is 43.5 Å². The Morgan fingerprint density at radius 3 is 2.32 bits per heavy atom. The quantitative estimate of drug-likeness (QED) is 0.418. The first-order valence-corrected chi connectivity index (χ1v) is 9.26. The van der Waals surface area contributed by atoms with Gasteiger partial charge in [-0.25, -0.2) is 9.59 Å². The molecule has 0 saturated heterocycles. The topological polar surface area (TPSA) is 52.6 Å². The van der Waals surface area contributed by atoms with E-state index in [-0.39, 0.29) is 11.9 Å². The normalized spacial score (nSPS) is 14.9. The molecule has 4 nitrogen and oxygen atoms in total. The fraction of sp³-hybridized carbons (Fsp3) is 0.250. The number of hydrogen-bond acceptors (Lipinski definition) is 4. The van der Waals surface area contributed by atoms with E-state index < -0.39 is 5.97 Å². The number of fused-ring (bicyclic) bond motifs is 1. The van der Waals surface area contributed by atoms with Gasteiger partial charge in [-0.2, -0.15) is 0 Å². The van der Waals surface area contributed by atoms with E-state index in [1.807, 2.05) is 18.2 Å². The van der Waals surface area contributed by atoms with Crippen molar-refractivity contribution >= 4 is 11.9 Å². The van der Waals surface area contributed by atoms with Crippen LogP contribution in [0.2, 0.25) is 0 Å². The van der Waals surface area contributed by atoms with E-state index in [9.17, 15) is 9.59 Å². The number of carbonyl (C=O) groups is 2. The first-order chi connectivity index (χ1) is 13.3. The maximum Gasteiger partial charge on any atom is 0.338 e. The third-order valence-electron chi connectivity index (χ3n) is 4.75. The van der Waals surface area contributed by atoms with Gasteiger partial charge in [-0.15, -0.1) is 0 Å². The van der Waals surface area contributed by atoms with Crippen LogP contribution in [0.4, 0.5) is 0 Å². The largest absolute Gasteiger partial charge is 0.462 e. The molecule has 0 bridgehead atoms. The fourth-order valence-corrected chi connectivity index (χ4v) is 3.26. The van der Waals surface area contributed by atoms with Crippen molar-refractivity contribution in [3.63, 3.8) is 0 Å².